The standard InChI is InChI=1S/C11H16OS/c12-11-3-1-2-9(7-11)6-10-4-5-13-8-10/h4-5,8-9,11-12H,1-3,6-7H2. The van der Waals surface area contributed by atoms with Crippen molar-refractivity contribution in [3.8, 4) is 0 Å². The maximum Gasteiger partial charge on any atom is 0.0543 e. The molecule has 1 heterocycles. The second kappa shape index (κ2) is 4.25. The summed E-state index contributed by atoms with van der Waals surface area (Å²) < 4.78 is 0. The zero-order valence-electron chi connectivity index (χ0n) is 7.78. The molecule has 0 aliphatic heterocycles. The highest BCUT2D eigenvalue weighted by Crippen LogP contribution is 2.27. The summed E-state index contributed by atoms with van der Waals surface area (Å²) in [7, 11) is 0. The monoisotopic (exact) mass is 196 g/mol. The Morgan fingerprint density at radius 2 is 2.38 bits per heavy atom. The van der Waals surface area contributed by atoms with Crippen molar-refractivity contribution in [3.63, 3.8) is 0 Å². The van der Waals surface area contributed by atoms with Crippen molar-refractivity contribution in [3.05, 3.63) is 22.4 Å². The first kappa shape index (κ1) is 9.22. The summed E-state index contributed by atoms with van der Waals surface area (Å²) in [6.45, 7) is 0. The third kappa shape index (κ3) is 2.55. The molecule has 1 aromatic heterocycles. The Morgan fingerprint density at radius 3 is 3.08 bits per heavy atom. The van der Waals surface area contributed by atoms with Gasteiger partial charge in [0.05, 0.1) is 6.10 Å². The van der Waals surface area contributed by atoms with E-state index in [9.17, 15) is 5.11 Å². The minimum absolute atomic E-state index is 0.0302. The third-order valence-corrected chi connectivity index (χ3v) is 3.59. The molecule has 0 amide bonds. The van der Waals surface area contributed by atoms with Crippen LogP contribution in [0.4, 0.5) is 0 Å². The molecule has 0 bridgehead atoms. The van der Waals surface area contributed by atoms with Crippen molar-refractivity contribution in [2.24, 2.45) is 5.92 Å². The summed E-state index contributed by atoms with van der Waals surface area (Å²) in [5.74, 6) is 0.721. The van der Waals surface area contributed by atoms with Crippen LogP contribution >= 0.6 is 11.3 Å². The zero-order valence-corrected chi connectivity index (χ0v) is 8.59. The molecule has 2 unspecified atom stereocenters. The predicted octanol–water partition coefficient (Wildman–Crippen LogP) is 2.84. The summed E-state index contributed by atoms with van der Waals surface area (Å²) in [5.41, 5.74) is 1.45. The van der Waals surface area contributed by atoms with Gasteiger partial charge in [-0.15, -0.1) is 0 Å². The van der Waals surface area contributed by atoms with Crippen LogP contribution in [0.15, 0.2) is 16.8 Å². The summed E-state index contributed by atoms with van der Waals surface area (Å²) in [5, 5.41) is 13.9. The van der Waals surface area contributed by atoms with E-state index in [-0.39, 0.29) is 6.10 Å². The molecule has 2 atom stereocenters. The Balaban J connectivity index is 1.87. The third-order valence-electron chi connectivity index (χ3n) is 2.86. The van der Waals surface area contributed by atoms with E-state index < -0.39 is 0 Å². The number of hydrogen-bond donors (Lipinski definition) is 1. The Labute approximate surface area is 83.4 Å². The van der Waals surface area contributed by atoms with Gasteiger partial charge in [0.2, 0.25) is 0 Å². The van der Waals surface area contributed by atoms with Crippen LogP contribution < -0.4 is 0 Å². The first-order chi connectivity index (χ1) is 6.34. The molecule has 0 spiro atoms. The maximum absolute atomic E-state index is 9.51. The molecule has 1 aliphatic rings. The van der Waals surface area contributed by atoms with Gasteiger partial charge in [-0.25, -0.2) is 0 Å². The van der Waals surface area contributed by atoms with Gasteiger partial charge in [0, 0.05) is 0 Å². The molecule has 1 aliphatic carbocycles. The van der Waals surface area contributed by atoms with E-state index in [0.717, 1.165) is 18.8 Å². The van der Waals surface area contributed by atoms with Gasteiger partial charge in [-0.3, -0.25) is 0 Å². The molecule has 0 aromatic carbocycles. The van der Waals surface area contributed by atoms with Crippen LogP contribution in [0.1, 0.15) is 31.2 Å². The average molecular weight is 196 g/mol. The molecule has 1 fully saturated rings. The summed E-state index contributed by atoms with van der Waals surface area (Å²) >= 11 is 1.77. The number of hydrogen-bond acceptors (Lipinski definition) is 2. The molecule has 0 saturated heterocycles. The van der Waals surface area contributed by atoms with Gasteiger partial charge in [-0.05, 0) is 54.0 Å². The van der Waals surface area contributed by atoms with E-state index in [0.29, 0.717) is 0 Å². The van der Waals surface area contributed by atoms with Crippen molar-refractivity contribution in [2.45, 2.75) is 38.2 Å². The summed E-state index contributed by atoms with van der Waals surface area (Å²) in [6.07, 6.45) is 5.66. The van der Waals surface area contributed by atoms with Crippen molar-refractivity contribution in [1.82, 2.24) is 0 Å². The van der Waals surface area contributed by atoms with Gasteiger partial charge < -0.3 is 5.11 Å². The topological polar surface area (TPSA) is 20.2 Å². The average Bonchev–Trinajstić information content (AvgIpc) is 2.57. The molecule has 2 heteroatoms. The lowest BCUT2D eigenvalue weighted by molar-refractivity contribution is 0.101. The predicted molar refractivity (Wildman–Crippen MR) is 56.0 cm³/mol. The number of aliphatic hydroxyl groups is 1. The van der Waals surface area contributed by atoms with E-state index in [4.69, 9.17) is 0 Å². The normalized spacial score (nSPS) is 29.0. The number of aliphatic hydroxyl groups excluding tert-OH is 1. The van der Waals surface area contributed by atoms with E-state index >= 15 is 0 Å². The zero-order chi connectivity index (χ0) is 9.10. The van der Waals surface area contributed by atoms with Crippen LogP contribution in [-0.2, 0) is 6.42 Å². The lowest BCUT2D eigenvalue weighted by atomic mass is 9.84. The van der Waals surface area contributed by atoms with Gasteiger partial charge >= 0.3 is 0 Å². The van der Waals surface area contributed by atoms with Gasteiger partial charge in [-0.1, -0.05) is 6.42 Å². The molecular formula is C11H16OS. The molecule has 1 N–H and O–H groups in total. The fourth-order valence-corrected chi connectivity index (χ4v) is 2.87. The number of rotatable bonds is 2. The molecule has 1 saturated carbocycles. The van der Waals surface area contributed by atoms with Crippen LogP contribution in [-0.4, -0.2) is 11.2 Å². The molecule has 0 radical (unpaired) electrons. The van der Waals surface area contributed by atoms with Crippen molar-refractivity contribution in [2.75, 3.05) is 0 Å². The molecule has 2 rings (SSSR count). The van der Waals surface area contributed by atoms with Gasteiger partial charge in [0.25, 0.3) is 0 Å². The second-order valence-corrected chi connectivity index (χ2v) is 4.80. The lowest BCUT2D eigenvalue weighted by Gasteiger charge is -2.25. The first-order valence-corrected chi connectivity index (χ1v) is 5.98. The molecule has 1 aromatic rings. The molecule has 13 heavy (non-hydrogen) atoms. The second-order valence-electron chi connectivity index (χ2n) is 4.02. The van der Waals surface area contributed by atoms with Gasteiger partial charge in [0.15, 0.2) is 0 Å². The molecule has 1 nitrogen and oxygen atoms in total. The lowest BCUT2D eigenvalue weighted by Crippen LogP contribution is -2.20. The van der Waals surface area contributed by atoms with E-state index in [1.165, 1.54) is 24.8 Å². The van der Waals surface area contributed by atoms with E-state index in [2.05, 4.69) is 16.8 Å². The fourth-order valence-electron chi connectivity index (χ4n) is 2.19. The van der Waals surface area contributed by atoms with E-state index in [1.54, 1.807) is 11.3 Å². The Kier molecular flexibility index (Phi) is 3.01. The smallest absolute Gasteiger partial charge is 0.0543 e. The summed E-state index contributed by atoms with van der Waals surface area (Å²) in [4.78, 5) is 0. The quantitative estimate of drug-likeness (QED) is 0.771. The van der Waals surface area contributed by atoms with Crippen molar-refractivity contribution >= 4 is 11.3 Å². The highest BCUT2D eigenvalue weighted by Gasteiger charge is 2.20. The van der Waals surface area contributed by atoms with Crippen LogP contribution in [0, 0.1) is 5.92 Å². The SMILES string of the molecule is OC1CCCC(Cc2ccsc2)C1. The van der Waals surface area contributed by atoms with E-state index in [1.807, 2.05) is 0 Å². The molecular weight excluding hydrogens is 180 g/mol. The highest BCUT2D eigenvalue weighted by atomic mass is 32.1. The fraction of sp³-hybridized carbons (Fsp3) is 0.636. The highest BCUT2D eigenvalue weighted by molar-refractivity contribution is 7.07. The Morgan fingerprint density at radius 1 is 1.46 bits per heavy atom. The van der Waals surface area contributed by atoms with Crippen LogP contribution in [0.3, 0.4) is 0 Å². The largest absolute Gasteiger partial charge is 0.393 e. The number of thiophene rings is 1. The maximum atomic E-state index is 9.51. The van der Waals surface area contributed by atoms with Gasteiger partial charge in [0.1, 0.15) is 0 Å². The summed E-state index contributed by atoms with van der Waals surface area (Å²) in [6, 6.07) is 2.20. The van der Waals surface area contributed by atoms with Crippen LogP contribution in [0.25, 0.3) is 0 Å². The Bertz CT molecular complexity index is 243. The minimum atomic E-state index is -0.0302. The first-order valence-electron chi connectivity index (χ1n) is 5.04. The minimum Gasteiger partial charge on any atom is -0.393 e. The van der Waals surface area contributed by atoms with Crippen LogP contribution in [0.5, 0.6) is 0 Å². The van der Waals surface area contributed by atoms with Crippen LogP contribution in [0.2, 0.25) is 0 Å². The molecule has 72 valence electrons. The van der Waals surface area contributed by atoms with Crippen molar-refractivity contribution < 1.29 is 5.11 Å². The Hall–Kier alpha value is -0.340. The van der Waals surface area contributed by atoms with Crippen molar-refractivity contribution in [1.29, 1.82) is 0 Å². The van der Waals surface area contributed by atoms with Gasteiger partial charge in [-0.2, -0.15) is 11.3 Å².